The Hall–Kier alpha value is -3.08. The maximum atomic E-state index is 13.7. The number of guanidine groups is 1. The zero-order chi connectivity index (χ0) is 19.2. The maximum absolute atomic E-state index is 13.7. The molecule has 0 bridgehead atoms. The highest BCUT2D eigenvalue weighted by molar-refractivity contribution is 5.79. The van der Waals surface area contributed by atoms with Crippen molar-refractivity contribution in [2.24, 2.45) is 4.99 Å². The van der Waals surface area contributed by atoms with Crippen LogP contribution < -0.4 is 10.6 Å². The average molecular weight is 364 g/mol. The van der Waals surface area contributed by atoms with Gasteiger partial charge in [0, 0.05) is 25.7 Å². The van der Waals surface area contributed by atoms with Gasteiger partial charge in [0.1, 0.15) is 5.82 Å². The van der Waals surface area contributed by atoms with Crippen molar-refractivity contribution in [2.45, 2.75) is 19.3 Å². The molecule has 0 aromatic heterocycles. The summed E-state index contributed by atoms with van der Waals surface area (Å²) >= 11 is 0. The number of alkyl halides is 3. The molecule has 0 aliphatic heterocycles. The summed E-state index contributed by atoms with van der Waals surface area (Å²) < 4.78 is 51.4. The molecule has 2 N–H and O–H groups in total. The van der Waals surface area contributed by atoms with Crippen molar-refractivity contribution >= 4 is 5.96 Å². The lowest BCUT2D eigenvalue weighted by atomic mass is 10.1. The molecule has 0 aliphatic carbocycles. The lowest BCUT2D eigenvalue weighted by Crippen LogP contribution is -2.36. The highest BCUT2D eigenvalue weighted by Gasteiger charge is 2.29. The van der Waals surface area contributed by atoms with Gasteiger partial charge < -0.3 is 10.6 Å². The Balaban J connectivity index is 1.93. The molecule has 0 fully saturated rings. The fourth-order valence-corrected chi connectivity index (χ4v) is 2.18. The van der Waals surface area contributed by atoms with Crippen molar-refractivity contribution in [1.82, 2.24) is 10.6 Å². The molecule has 0 unspecified atom stereocenters. The normalized spacial score (nSPS) is 11.8. The molecular formula is C18H16F4N4. The summed E-state index contributed by atoms with van der Waals surface area (Å²) in [6.45, 7) is 0.354. The predicted molar refractivity (Wildman–Crippen MR) is 89.6 cm³/mol. The van der Waals surface area contributed by atoms with Crippen LogP contribution in [0.1, 0.15) is 22.3 Å². The minimum absolute atomic E-state index is 0.105. The van der Waals surface area contributed by atoms with Crippen LogP contribution in [0.3, 0.4) is 0 Å². The van der Waals surface area contributed by atoms with Crippen LogP contribution in [-0.2, 0) is 19.3 Å². The predicted octanol–water partition coefficient (Wildman–Crippen LogP) is 3.58. The smallest absolute Gasteiger partial charge is 0.352 e. The van der Waals surface area contributed by atoms with Gasteiger partial charge in [-0.2, -0.15) is 18.4 Å². The summed E-state index contributed by atoms with van der Waals surface area (Å²) in [5.41, 5.74) is 0.577. The topological polar surface area (TPSA) is 60.2 Å². The number of hydrogen-bond acceptors (Lipinski definition) is 2. The van der Waals surface area contributed by atoms with Crippen LogP contribution in [0.5, 0.6) is 0 Å². The Morgan fingerprint density at radius 1 is 1.08 bits per heavy atom. The van der Waals surface area contributed by atoms with Crippen LogP contribution in [0.25, 0.3) is 0 Å². The van der Waals surface area contributed by atoms with Crippen molar-refractivity contribution in [3.05, 3.63) is 70.5 Å². The number of hydrogen-bond donors (Lipinski definition) is 2. The third kappa shape index (κ3) is 5.21. The van der Waals surface area contributed by atoms with Crippen molar-refractivity contribution in [3.63, 3.8) is 0 Å². The molecule has 0 atom stereocenters. The highest BCUT2D eigenvalue weighted by Crippen LogP contribution is 2.29. The number of halogens is 4. The summed E-state index contributed by atoms with van der Waals surface area (Å²) in [6.07, 6.45) is -4.37. The highest BCUT2D eigenvalue weighted by atomic mass is 19.4. The molecule has 2 rings (SSSR count). The summed E-state index contributed by atoms with van der Waals surface area (Å²) in [5.74, 6) is -0.0960. The van der Waals surface area contributed by atoms with Crippen LogP contribution in [0.4, 0.5) is 17.6 Å². The van der Waals surface area contributed by atoms with E-state index >= 15 is 0 Å². The van der Waals surface area contributed by atoms with Crippen molar-refractivity contribution in [1.29, 1.82) is 5.26 Å². The van der Waals surface area contributed by atoms with E-state index in [1.165, 1.54) is 37.4 Å². The molecule has 0 radical (unpaired) electrons. The standard InChI is InChI=1S/C18H16F4N4/c1-24-17(26-11-14-8-13(9-23)4-7-16(14)19)25-10-12-2-5-15(6-3-12)18(20,21)22/h2-8H,10-11H2,1H3,(H2,24,25,26). The SMILES string of the molecule is CN=C(NCc1ccc(C(F)(F)F)cc1)NCc1cc(C#N)ccc1F. The molecule has 26 heavy (non-hydrogen) atoms. The molecule has 0 saturated heterocycles. The van der Waals surface area contributed by atoms with Crippen molar-refractivity contribution < 1.29 is 17.6 Å². The molecule has 8 heteroatoms. The second-order valence-electron chi connectivity index (χ2n) is 5.39. The number of nitrogens with zero attached hydrogens (tertiary/aromatic N) is 2. The van der Waals surface area contributed by atoms with E-state index in [-0.39, 0.29) is 13.1 Å². The molecule has 0 aliphatic rings. The van der Waals surface area contributed by atoms with Gasteiger partial charge in [-0.25, -0.2) is 4.39 Å². The third-order valence-electron chi connectivity index (χ3n) is 3.59. The first kappa shape index (κ1) is 19.2. The van der Waals surface area contributed by atoms with Gasteiger partial charge in [-0.15, -0.1) is 0 Å². The fourth-order valence-electron chi connectivity index (χ4n) is 2.18. The van der Waals surface area contributed by atoms with Gasteiger partial charge in [0.25, 0.3) is 0 Å². The molecule has 2 aromatic carbocycles. The monoisotopic (exact) mass is 364 g/mol. The molecule has 0 spiro atoms. The van der Waals surface area contributed by atoms with Gasteiger partial charge >= 0.3 is 6.18 Å². The molecular weight excluding hydrogens is 348 g/mol. The van der Waals surface area contributed by atoms with E-state index in [1.807, 2.05) is 6.07 Å². The Kier molecular flexibility index (Phi) is 6.17. The molecule has 4 nitrogen and oxygen atoms in total. The fraction of sp³-hybridized carbons (Fsp3) is 0.222. The number of nitriles is 1. The van der Waals surface area contributed by atoms with Crippen LogP contribution in [0.15, 0.2) is 47.5 Å². The summed E-state index contributed by atoms with van der Waals surface area (Å²) in [6, 6.07) is 10.7. The first-order valence-electron chi connectivity index (χ1n) is 7.62. The van der Waals surface area contributed by atoms with Crippen molar-refractivity contribution in [2.75, 3.05) is 7.05 Å². The quantitative estimate of drug-likeness (QED) is 0.495. The molecule has 136 valence electrons. The summed E-state index contributed by atoms with van der Waals surface area (Å²) in [5, 5.41) is 14.7. The number of aliphatic imine (C=N–C) groups is 1. The van der Waals surface area contributed by atoms with Crippen LogP contribution in [-0.4, -0.2) is 13.0 Å². The number of benzene rings is 2. The average Bonchev–Trinajstić information content (AvgIpc) is 2.62. The van der Waals surface area contributed by atoms with Gasteiger partial charge in [-0.1, -0.05) is 12.1 Å². The van der Waals surface area contributed by atoms with Gasteiger partial charge in [-0.3, -0.25) is 4.99 Å². The lowest BCUT2D eigenvalue weighted by Gasteiger charge is -2.13. The van der Waals surface area contributed by atoms with E-state index in [4.69, 9.17) is 5.26 Å². The summed E-state index contributed by atoms with van der Waals surface area (Å²) in [7, 11) is 1.52. The van der Waals surface area contributed by atoms with Gasteiger partial charge in [0.2, 0.25) is 0 Å². The Labute approximate surface area is 148 Å². The van der Waals surface area contributed by atoms with E-state index in [0.717, 1.165) is 12.1 Å². The third-order valence-corrected chi connectivity index (χ3v) is 3.59. The van der Waals surface area contributed by atoms with E-state index in [9.17, 15) is 17.6 Å². The van der Waals surface area contributed by atoms with E-state index in [2.05, 4.69) is 15.6 Å². The molecule has 0 saturated carbocycles. The Bertz CT molecular complexity index is 821. The van der Waals surface area contributed by atoms with E-state index < -0.39 is 17.6 Å². The Morgan fingerprint density at radius 3 is 2.31 bits per heavy atom. The maximum Gasteiger partial charge on any atom is 0.416 e. The van der Waals surface area contributed by atoms with E-state index in [1.54, 1.807) is 0 Å². The molecule has 2 aromatic rings. The number of nitrogens with one attached hydrogen (secondary N) is 2. The largest absolute Gasteiger partial charge is 0.416 e. The molecule has 0 heterocycles. The number of rotatable bonds is 4. The van der Waals surface area contributed by atoms with E-state index in [0.29, 0.717) is 22.6 Å². The van der Waals surface area contributed by atoms with Gasteiger partial charge in [-0.05, 0) is 35.9 Å². The second kappa shape index (κ2) is 8.34. The lowest BCUT2D eigenvalue weighted by molar-refractivity contribution is -0.137. The first-order chi connectivity index (χ1) is 12.3. The van der Waals surface area contributed by atoms with Gasteiger partial charge in [0.15, 0.2) is 5.96 Å². The van der Waals surface area contributed by atoms with Crippen LogP contribution >= 0.6 is 0 Å². The van der Waals surface area contributed by atoms with Crippen LogP contribution in [0.2, 0.25) is 0 Å². The van der Waals surface area contributed by atoms with Crippen molar-refractivity contribution in [3.8, 4) is 6.07 Å². The minimum atomic E-state index is -4.37. The zero-order valence-electron chi connectivity index (χ0n) is 13.9. The summed E-state index contributed by atoms with van der Waals surface area (Å²) in [4.78, 5) is 3.97. The van der Waals surface area contributed by atoms with Gasteiger partial charge in [0.05, 0.1) is 17.2 Å². The molecule has 0 amide bonds. The van der Waals surface area contributed by atoms with Crippen LogP contribution in [0, 0.1) is 17.1 Å². The second-order valence-corrected chi connectivity index (χ2v) is 5.39. The first-order valence-corrected chi connectivity index (χ1v) is 7.62. The Morgan fingerprint density at radius 2 is 1.73 bits per heavy atom. The zero-order valence-corrected chi connectivity index (χ0v) is 13.9. The minimum Gasteiger partial charge on any atom is -0.352 e.